The van der Waals surface area contributed by atoms with Crippen molar-refractivity contribution in [1.82, 2.24) is 14.9 Å². The van der Waals surface area contributed by atoms with Crippen molar-refractivity contribution in [2.75, 3.05) is 69.2 Å². The van der Waals surface area contributed by atoms with E-state index in [1.807, 2.05) is 85.4 Å². The van der Waals surface area contributed by atoms with E-state index in [2.05, 4.69) is 21.3 Å². The summed E-state index contributed by atoms with van der Waals surface area (Å²) < 4.78 is 11.5. The maximum atomic E-state index is 10.2. The molecule has 0 atom stereocenters. The van der Waals surface area contributed by atoms with Gasteiger partial charge in [0.25, 0.3) is 0 Å². The van der Waals surface area contributed by atoms with Crippen LogP contribution in [0.2, 0.25) is 0 Å². The number of nitrogens with one attached hydrogen (secondary N) is 1. The van der Waals surface area contributed by atoms with Crippen molar-refractivity contribution in [3.63, 3.8) is 0 Å². The number of hydrogen-bond donors (Lipinski definition) is 1. The van der Waals surface area contributed by atoms with Gasteiger partial charge >= 0.3 is 0 Å². The average Bonchev–Trinajstić information content (AvgIpc) is 3.41. The third-order valence-electron chi connectivity index (χ3n) is 6.74. The molecule has 41 heavy (non-hydrogen) atoms. The molecule has 8 nitrogen and oxygen atoms in total. The lowest BCUT2D eigenvalue weighted by atomic mass is 10.00. The molecule has 1 saturated heterocycles. The number of rotatable bonds is 11. The van der Waals surface area contributed by atoms with Gasteiger partial charge in [0.2, 0.25) is 5.95 Å². The van der Waals surface area contributed by atoms with Crippen LogP contribution >= 0.6 is 23.1 Å². The number of ether oxygens (including phenoxy) is 2. The Morgan fingerprint density at radius 2 is 1.88 bits per heavy atom. The first kappa shape index (κ1) is 28.7. The summed E-state index contributed by atoms with van der Waals surface area (Å²) in [5, 5.41) is 14.4. The molecule has 3 heterocycles. The van der Waals surface area contributed by atoms with E-state index in [-0.39, 0.29) is 0 Å². The summed E-state index contributed by atoms with van der Waals surface area (Å²) in [4.78, 5) is 14.7. The Morgan fingerprint density at radius 1 is 1.07 bits per heavy atom. The van der Waals surface area contributed by atoms with Gasteiger partial charge in [-0.15, -0.1) is 11.3 Å². The standard InChI is InChI=1S/C31H34N6O2S2/c1-36(2)30-26(21-32)28(22-7-4-9-24(19-22)38-3)29(41-30)27-11-12-33-31(35-27)34-23-8-5-10-25(20-23)39-16-6-13-37-14-17-40-18-15-37/h4-5,7-12,19-20H,6,13-18H2,1-3H3,(H,33,34,35). The second kappa shape index (κ2) is 13.7. The molecular formula is C31H34N6O2S2. The van der Waals surface area contributed by atoms with Gasteiger partial charge in [0, 0.05) is 68.7 Å². The molecule has 0 spiro atoms. The fraction of sp³-hybridized carbons (Fsp3) is 0.323. The SMILES string of the molecule is COc1cccc(-c2c(-c3ccnc(Nc4cccc(OCCCN5CCSCC5)c4)n3)sc(N(C)C)c2C#N)c1. The number of nitriles is 1. The number of nitrogens with zero attached hydrogens (tertiary/aromatic N) is 5. The van der Waals surface area contributed by atoms with Crippen molar-refractivity contribution >= 4 is 39.7 Å². The Balaban J connectivity index is 1.35. The van der Waals surface area contributed by atoms with Crippen molar-refractivity contribution in [3.05, 3.63) is 66.4 Å². The lowest BCUT2D eigenvalue weighted by Crippen LogP contribution is -2.33. The first-order valence-corrected chi connectivity index (χ1v) is 15.5. The van der Waals surface area contributed by atoms with Crippen LogP contribution < -0.4 is 19.7 Å². The van der Waals surface area contributed by atoms with Gasteiger partial charge in [0.15, 0.2) is 0 Å². The van der Waals surface area contributed by atoms with E-state index < -0.39 is 0 Å². The van der Waals surface area contributed by atoms with Gasteiger partial charge in [-0.1, -0.05) is 18.2 Å². The van der Waals surface area contributed by atoms with Gasteiger partial charge < -0.3 is 24.6 Å². The molecule has 1 N–H and O–H groups in total. The van der Waals surface area contributed by atoms with Crippen LogP contribution in [0.25, 0.3) is 21.7 Å². The molecule has 212 valence electrons. The third kappa shape index (κ3) is 7.11. The number of anilines is 3. The molecule has 4 aromatic rings. The van der Waals surface area contributed by atoms with E-state index in [0.717, 1.165) is 56.9 Å². The van der Waals surface area contributed by atoms with Gasteiger partial charge in [-0.25, -0.2) is 9.97 Å². The molecule has 10 heteroatoms. The molecule has 1 aliphatic heterocycles. The smallest absolute Gasteiger partial charge is 0.227 e. The lowest BCUT2D eigenvalue weighted by Gasteiger charge is -2.25. The highest BCUT2D eigenvalue weighted by atomic mass is 32.2. The number of thioether (sulfide) groups is 1. The lowest BCUT2D eigenvalue weighted by molar-refractivity contribution is 0.248. The van der Waals surface area contributed by atoms with E-state index in [9.17, 15) is 5.26 Å². The topological polar surface area (TPSA) is 86.5 Å². The zero-order valence-corrected chi connectivity index (χ0v) is 25.2. The van der Waals surface area contributed by atoms with Gasteiger partial charge in [0.05, 0.1) is 29.9 Å². The molecule has 1 fully saturated rings. The number of aromatic nitrogens is 2. The maximum absolute atomic E-state index is 10.2. The predicted octanol–water partition coefficient (Wildman–Crippen LogP) is 6.38. The number of methoxy groups -OCH3 is 1. The highest BCUT2D eigenvalue weighted by Crippen LogP contribution is 2.46. The van der Waals surface area contributed by atoms with Gasteiger partial charge in [0.1, 0.15) is 22.6 Å². The Morgan fingerprint density at radius 3 is 2.66 bits per heavy atom. The normalized spacial score (nSPS) is 13.4. The van der Waals surface area contributed by atoms with Crippen LogP contribution in [-0.2, 0) is 0 Å². The number of thiophene rings is 1. The van der Waals surface area contributed by atoms with E-state index in [0.29, 0.717) is 18.1 Å². The van der Waals surface area contributed by atoms with Crippen LogP contribution in [-0.4, -0.2) is 73.8 Å². The zero-order chi connectivity index (χ0) is 28.6. The monoisotopic (exact) mass is 586 g/mol. The maximum Gasteiger partial charge on any atom is 0.227 e. The van der Waals surface area contributed by atoms with E-state index in [1.54, 1.807) is 13.3 Å². The molecular weight excluding hydrogens is 553 g/mol. The second-order valence-electron chi connectivity index (χ2n) is 9.80. The quantitative estimate of drug-likeness (QED) is 0.201. The number of hydrogen-bond acceptors (Lipinski definition) is 10. The summed E-state index contributed by atoms with van der Waals surface area (Å²) >= 11 is 3.57. The molecule has 0 saturated carbocycles. The minimum Gasteiger partial charge on any atom is -0.497 e. The summed E-state index contributed by atoms with van der Waals surface area (Å²) in [6.07, 6.45) is 2.74. The fourth-order valence-electron chi connectivity index (χ4n) is 4.71. The molecule has 5 rings (SSSR count). The molecule has 2 aromatic carbocycles. The van der Waals surface area contributed by atoms with Crippen LogP contribution in [0.5, 0.6) is 11.5 Å². The second-order valence-corrected chi connectivity index (χ2v) is 12.0. The van der Waals surface area contributed by atoms with Crippen LogP contribution in [0, 0.1) is 11.3 Å². The molecule has 0 bridgehead atoms. The van der Waals surface area contributed by atoms with Crippen molar-refractivity contribution in [1.29, 1.82) is 5.26 Å². The van der Waals surface area contributed by atoms with E-state index in [1.165, 1.54) is 35.9 Å². The Kier molecular flexibility index (Phi) is 9.62. The Labute approximate surface area is 250 Å². The molecule has 0 radical (unpaired) electrons. The first-order valence-electron chi connectivity index (χ1n) is 13.6. The van der Waals surface area contributed by atoms with Crippen molar-refractivity contribution in [2.24, 2.45) is 0 Å². The summed E-state index contributed by atoms with van der Waals surface area (Å²) in [5.41, 5.74) is 3.93. The third-order valence-corrected chi connectivity index (χ3v) is 9.06. The van der Waals surface area contributed by atoms with E-state index in [4.69, 9.17) is 14.5 Å². The molecule has 2 aromatic heterocycles. The highest BCUT2D eigenvalue weighted by Gasteiger charge is 2.23. The van der Waals surface area contributed by atoms with Crippen LogP contribution in [0.1, 0.15) is 12.0 Å². The molecule has 0 amide bonds. The largest absolute Gasteiger partial charge is 0.497 e. The molecule has 0 aliphatic carbocycles. The van der Waals surface area contributed by atoms with Gasteiger partial charge in [-0.05, 0) is 42.3 Å². The fourth-order valence-corrected chi connectivity index (χ4v) is 6.86. The van der Waals surface area contributed by atoms with Crippen molar-refractivity contribution < 1.29 is 9.47 Å². The van der Waals surface area contributed by atoms with Crippen LogP contribution in [0.3, 0.4) is 0 Å². The Hall–Kier alpha value is -3.78. The minimum absolute atomic E-state index is 0.470. The van der Waals surface area contributed by atoms with Crippen molar-refractivity contribution in [2.45, 2.75) is 6.42 Å². The average molecular weight is 587 g/mol. The van der Waals surface area contributed by atoms with Gasteiger partial charge in [-0.3, -0.25) is 0 Å². The Bertz CT molecular complexity index is 1510. The van der Waals surface area contributed by atoms with E-state index >= 15 is 0 Å². The zero-order valence-electron chi connectivity index (χ0n) is 23.6. The van der Waals surface area contributed by atoms with Crippen molar-refractivity contribution in [3.8, 4) is 39.3 Å². The first-order chi connectivity index (χ1) is 20.1. The summed E-state index contributed by atoms with van der Waals surface area (Å²) in [6, 6.07) is 19.9. The molecule has 0 unspecified atom stereocenters. The highest BCUT2D eigenvalue weighted by molar-refractivity contribution is 7.99. The molecule has 1 aliphatic rings. The minimum atomic E-state index is 0.470. The summed E-state index contributed by atoms with van der Waals surface area (Å²) in [5.74, 6) is 4.46. The number of benzene rings is 2. The summed E-state index contributed by atoms with van der Waals surface area (Å²) in [7, 11) is 5.53. The van der Waals surface area contributed by atoms with Gasteiger partial charge in [-0.2, -0.15) is 17.0 Å². The summed E-state index contributed by atoms with van der Waals surface area (Å²) in [6.45, 7) is 4.09. The van der Waals surface area contributed by atoms with Crippen LogP contribution in [0.4, 0.5) is 16.6 Å². The predicted molar refractivity (Wildman–Crippen MR) is 170 cm³/mol. The van der Waals surface area contributed by atoms with Crippen LogP contribution in [0.15, 0.2) is 60.8 Å².